The third kappa shape index (κ3) is 6.51. The number of hydrogen-bond donors (Lipinski definition) is 2. The number of hydrogen-bond acceptors (Lipinski definition) is 7. The first-order valence-electron chi connectivity index (χ1n) is 10.2. The normalized spacial score (nSPS) is 10.6. The van der Waals surface area contributed by atoms with Gasteiger partial charge in [-0.1, -0.05) is 27.7 Å². The molecule has 2 amide bonds. The van der Waals surface area contributed by atoms with E-state index in [2.05, 4.69) is 52.7 Å². The van der Waals surface area contributed by atoms with E-state index in [1.807, 2.05) is 29.7 Å². The molecule has 0 aliphatic carbocycles. The molecular weight excluding hydrogens is 590 g/mol. The third-order valence-corrected chi connectivity index (χ3v) is 6.85. The van der Waals surface area contributed by atoms with Crippen LogP contribution >= 0.6 is 43.6 Å². The fourth-order valence-electron chi connectivity index (χ4n) is 3.02. The monoisotopic (exact) mass is 611 g/mol. The molecular formula is C22H23Br2N5O4S. The third-order valence-electron chi connectivity index (χ3n) is 4.70. The van der Waals surface area contributed by atoms with E-state index in [1.54, 1.807) is 18.2 Å². The lowest BCUT2D eigenvalue weighted by atomic mass is 10.2. The van der Waals surface area contributed by atoms with Crippen molar-refractivity contribution in [2.24, 2.45) is 0 Å². The number of ether oxygens (including phenoxy) is 2. The molecule has 0 spiro atoms. The molecule has 3 aromatic rings. The number of rotatable bonds is 10. The van der Waals surface area contributed by atoms with Crippen molar-refractivity contribution in [1.82, 2.24) is 20.1 Å². The molecule has 0 aliphatic rings. The molecule has 0 bridgehead atoms. The minimum absolute atomic E-state index is 0.162. The SMILES string of the molecule is CCn1c(CNC(=O)c2ccc(OC)c(OC)c2)nnc1SCC(=O)Nc1cc(Br)ccc1Br. The molecule has 0 atom stereocenters. The van der Waals surface area contributed by atoms with Crippen LogP contribution in [0, 0.1) is 0 Å². The molecule has 2 aromatic carbocycles. The maximum atomic E-state index is 12.6. The molecule has 0 aliphatic heterocycles. The molecule has 12 heteroatoms. The van der Waals surface area contributed by atoms with Gasteiger partial charge in [-0.05, 0) is 59.3 Å². The second-order valence-corrected chi connectivity index (χ2v) is 9.57. The second kappa shape index (κ2) is 12.2. The largest absolute Gasteiger partial charge is 0.493 e. The number of nitrogens with one attached hydrogen (secondary N) is 2. The first kappa shape index (κ1) is 26.0. The molecule has 2 N–H and O–H groups in total. The van der Waals surface area contributed by atoms with Gasteiger partial charge in [0.25, 0.3) is 5.91 Å². The van der Waals surface area contributed by atoms with Gasteiger partial charge in [0.2, 0.25) is 5.91 Å². The highest BCUT2D eigenvalue weighted by molar-refractivity contribution is 9.11. The highest BCUT2D eigenvalue weighted by atomic mass is 79.9. The molecule has 0 saturated carbocycles. The first-order chi connectivity index (χ1) is 16.4. The van der Waals surface area contributed by atoms with Gasteiger partial charge in [-0.25, -0.2) is 0 Å². The Morgan fingerprint density at radius 2 is 1.82 bits per heavy atom. The Balaban J connectivity index is 1.60. The number of amides is 2. The lowest BCUT2D eigenvalue weighted by molar-refractivity contribution is -0.113. The molecule has 1 heterocycles. The Hall–Kier alpha value is -2.57. The lowest BCUT2D eigenvalue weighted by Crippen LogP contribution is -2.25. The van der Waals surface area contributed by atoms with E-state index in [9.17, 15) is 9.59 Å². The van der Waals surface area contributed by atoms with E-state index in [0.29, 0.717) is 40.3 Å². The van der Waals surface area contributed by atoms with E-state index in [4.69, 9.17) is 9.47 Å². The molecule has 0 unspecified atom stereocenters. The van der Waals surface area contributed by atoms with Crippen LogP contribution in [-0.2, 0) is 17.9 Å². The van der Waals surface area contributed by atoms with Crippen LogP contribution in [0.4, 0.5) is 5.69 Å². The average Bonchev–Trinajstić information content (AvgIpc) is 3.24. The second-order valence-electron chi connectivity index (χ2n) is 6.86. The number of halogens is 2. The molecule has 180 valence electrons. The van der Waals surface area contributed by atoms with Gasteiger partial charge >= 0.3 is 0 Å². The Morgan fingerprint density at radius 1 is 1.06 bits per heavy atom. The summed E-state index contributed by atoms with van der Waals surface area (Å²) in [6, 6.07) is 10.5. The number of anilines is 1. The molecule has 34 heavy (non-hydrogen) atoms. The van der Waals surface area contributed by atoms with Gasteiger partial charge in [-0.2, -0.15) is 0 Å². The quantitative estimate of drug-likeness (QED) is 0.325. The van der Waals surface area contributed by atoms with Crippen LogP contribution in [0.3, 0.4) is 0 Å². The minimum Gasteiger partial charge on any atom is -0.493 e. The van der Waals surface area contributed by atoms with Gasteiger partial charge in [-0.15, -0.1) is 10.2 Å². The molecule has 3 rings (SSSR count). The number of aromatic nitrogens is 3. The Kier molecular flexibility index (Phi) is 9.36. The Labute approximate surface area is 218 Å². The summed E-state index contributed by atoms with van der Waals surface area (Å²) in [5, 5.41) is 14.7. The van der Waals surface area contributed by atoms with Crippen molar-refractivity contribution in [1.29, 1.82) is 0 Å². The highest BCUT2D eigenvalue weighted by Gasteiger charge is 2.16. The van der Waals surface area contributed by atoms with Crippen LogP contribution in [0.25, 0.3) is 0 Å². The standard InChI is InChI=1S/C22H23Br2N5O4S/c1-4-29-19(11-25-21(31)13-5-8-17(32-2)18(9-13)33-3)27-28-22(29)34-12-20(30)26-16-10-14(23)6-7-15(16)24/h5-10H,4,11-12H2,1-3H3,(H,25,31)(H,26,30). The number of carbonyl (C=O) groups excluding carboxylic acids is 2. The zero-order valence-electron chi connectivity index (χ0n) is 18.7. The summed E-state index contributed by atoms with van der Waals surface area (Å²) in [5.41, 5.74) is 1.11. The molecule has 1 aromatic heterocycles. The summed E-state index contributed by atoms with van der Waals surface area (Å²) >= 11 is 8.10. The Morgan fingerprint density at radius 3 is 2.53 bits per heavy atom. The summed E-state index contributed by atoms with van der Waals surface area (Å²) < 4.78 is 14.0. The molecule has 0 saturated heterocycles. The van der Waals surface area contributed by atoms with Crippen LogP contribution in [0.1, 0.15) is 23.1 Å². The highest BCUT2D eigenvalue weighted by Crippen LogP contribution is 2.28. The summed E-state index contributed by atoms with van der Waals surface area (Å²) in [7, 11) is 3.05. The van der Waals surface area contributed by atoms with Crippen LogP contribution in [0.5, 0.6) is 11.5 Å². The zero-order valence-corrected chi connectivity index (χ0v) is 22.7. The van der Waals surface area contributed by atoms with Gasteiger partial charge in [0, 0.05) is 21.1 Å². The smallest absolute Gasteiger partial charge is 0.251 e. The van der Waals surface area contributed by atoms with E-state index in [1.165, 1.54) is 26.0 Å². The maximum Gasteiger partial charge on any atom is 0.251 e. The average molecular weight is 613 g/mol. The van der Waals surface area contributed by atoms with Crippen molar-refractivity contribution in [3.8, 4) is 11.5 Å². The lowest BCUT2D eigenvalue weighted by Gasteiger charge is -2.11. The van der Waals surface area contributed by atoms with Crippen LogP contribution in [0.2, 0.25) is 0 Å². The van der Waals surface area contributed by atoms with Crippen LogP contribution in [-0.4, -0.2) is 46.6 Å². The maximum absolute atomic E-state index is 12.6. The van der Waals surface area contributed by atoms with Crippen molar-refractivity contribution >= 4 is 61.1 Å². The number of carbonyl (C=O) groups is 2. The Bertz CT molecular complexity index is 1190. The van der Waals surface area contributed by atoms with E-state index >= 15 is 0 Å². The number of nitrogens with zero attached hydrogens (tertiary/aromatic N) is 3. The summed E-state index contributed by atoms with van der Waals surface area (Å²) in [6.45, 7) is 2.73. The van der Waals surface area contributed by atoms with Crippen LogP contribution in [0.15, 0.2) is 50.5 Å². The number of benzene rings is 2. The van der Waals surface area contributed by atoms with Gasteiger partial charge in [0.1, 0.15) is 0 Å². The van der Waals surface area contributed by atoms with Gasteiger partial charge in [0.15, 0.2) is 22.5 Å². The molecule has 9 nitrogen and oxygen atoms in total. The molecule has 0 fully saturated rings. The predicted octanol–water partition coefficient (Wildman–Crippen LogP) is 4.50. The van der Waals surface area contributed by atoms with Gasteiger partial charge in [0.05, 0.1) is 32.2 Å². The number of methoxy groups -OCH3 is 2. The van der Waals surface area contributed by atoms with Crippen LogP contribution < -0.4 is 20.1 Å². The zero-order chi connectivity index (χ0) is 24.7. The predicted molar refractivity (Wildman–Crippen MR) is 138 cm³/mol. The summed E-state index contributed by atoms with van der Waals surface area (Å²) in [4.78, 5) is 25.0. The fraction of sp³-hybridized carbons (Fsp3) is 0.273. The van der Waals surface area contributed by atoms with Crippen molar-refractivity contribution in [3.05, 3.63) is 56.7 Å². The van der Waals surface area contributed by atoms with E-state index in [-0.39, 0.29) is 24.1 Å². The van der Waals surface area contributed by atoms with Crippen molar-refractivity contribution in [3.63, 3.8) is 0 Å². The summed E-state index contributed by atoms with van der Waals surface area (Å²) in [5.74, 6) is 1.32. The van der Waals surface area contributed by atoms with Crippen molar-refractivity contribution in [2.45, 2.75) is 25.2 Å². The van der Waals surface area contributed by atoms with Gasteiger partial charge < -0.3 is 24.7 Å². The number of thioether (sulfide) groups is 1. The summed E-state index contributed by atoms with van der Waals surface area (Å²) in [6.07, 6.45) is 0. The van der Waals surface area contributed by atoms with Crippen molar-refractivity contribution in [2.75, 3.05) is 25.3 Å². The van der Waals surface area contributed by atoms with Gasteiger partial charge in [-0.3, -0.25) is 9.59 Å². The minimum atomic E-state index is -0.278. The fourth-order valence-corrected chi connectivity index (χ4v) is 4.55. The topological polar surface area (TPSA) is 107 Å². The molecule has 0 radical (unpaired) electrons. The van der Waals surface area contributed by atoms with E-state index < -0.39 is 0 Å². The first-order valence-corrected chi connectivity index (χ1v) is 12.7. The van der Waals surface area contributed by atoms with Crippen molar-refractivity contribution < 1.29 is 19.1 Å². The van der Waals surface area contributed by atoms with E-state index in [0.717, 1.165) is 8.95 Å².